The van der Waals surface area contributed by atoms with Gasteiger partial charge in [0.25, 0.3) is 0 Å². The maximum absolute atomic E-state index is 11.1. The van der Waals surface area contributed by atoms with E-state index >= 15 is 0 Å². The van der Waals surface area contributed by atoms with Crippen molar-refractivity contribution in [2.75, 3.05) is 6.61 Å². The molecule has 1 aliphatic rings. The van der Waals surface area contributed by atoms with E-state index in [1.807, 2.05) is 19.9 Å². The second-order valence-corrected chi connectivity index (χ2v) is 3.22. The molecule has 1 aliphatic carbocycles. The van der Waals surface area contributed by atoms with Gasteiger partial charge in [0.15, 0.2) is 0 Å². The molecule has 0 spiro atoms. The molecule has 0 aromatic carbocycles. The van der Waals surface area contributed by atoms with Gasteiger partial charge in [0, 0.05) is 0 Å². The molecule has 0 amide bonds. The van der Waals surface area contributed by atoms with Gasteiger partial charge in [-0.25, -0.2) is 0 Å². The fraction of sp³-hybridized carbons (Fsp3) is 0.667. The summed E-state index contributed by atoms with van der Waals surface area (Å²) in [7, 11) is 0. The molecule has 1 saturated carbocycles. The monoisotopic (exact) mass is 154 g/mol. The third kappa shape index (κ3) is 1.44. The van der Waals surface area contributed by atoms with Gasteiger partial charge in [0.2, 0.25) is 0 Å². The lowest BCUT2D eigenvalue weighted by atomic mass is 10.1. The highest BCUT2D eigenvalue weighted by Gasteiger charge is 2.53. The first-order chi connectivity index (χ1) is 5.14. The van der Waals surface area contributed by atoms with E-state index in [0.717, 1.165) is 6.42 Å². The predicted octanol–water partition coefficient (Wildman–Crippen LogP) is 1.76. The lowest BCUT2D eigenvalue weighted by Gasteiger charge is -2.03. The molecule has 0 N–H and O–H groups in total. The zero-order valence-electron chi connectivity index (χ0n) is 7.09. The van der Waals surface area contributed by atoms with Gasteiger partial charge in [-0.15, -0.1) is 6.58 Å². The number of rotatable bonds is 3. The van der Waals surface area contributed by atoms with E-state index in [1.54, 1.807) is 0 Å². The van der Waals surface area contributed by atoms with Gasteiger partial charge in [0.1, 0.15) is 0 Å². The van der Waals surface area contributed by atoms with Gasteiger partial charge < -0.3 is 4.74 Å². The van der Waals surface area contributed by atoms with Crippen molar-refractivity contribution < 1.29 is 9.53 Å². The molecule has 0 saturated heterocycles. The van der Waals surface area contributed by atoms with Crippen molar-refractivity contribution in [1.82, 2.24) is 0 Å². The summed E-state index contributed by atoms with van der Waals surface area (Å²) >= 11 is 0. The minimum atomic E-state index is -0.0742. The minimum absolute atomic E-state index is 0.0201. The Balaban J connectivity index is 2.42. The third-order valence-corrected chi connectivity index (χ3v) is 2.32. The molecule has 0 aromatic heterocycles. The quantitative estimate of drug-likeness (QED) is 0.457. The Morgan fingerprint density at radius 2 is 2.55 bits per heavy atom. The normalized spacial score (nSPS) is 34.5. The van der Waals surface area contributed by atoms with Crippen molar-refractivity contribution in [3.05, 3.63) is 12.7 Å². The highest BCUT2D eigenvalue weighted by Crippen LogP contribution is 2.53. The maximum atomic E-state index is 11.1. The van der Waals surface area contributed by atoms with Crippen molar-refractivity contribution in [2.45, 2.75) is 20.3 Å². The highest BCUT2D eigenvalue weighted by molar-refractivity contribution is 5.77. The smallest absolute Gasteiger partial charge is 0.309 e. The summed E-state index contributed by atoms with van der Waals surface area (Å²) in [5.74, 6) is -0.00477. The molecule has 2 nitrogen and oxygen atoms in total. The van der Waals surface area contributed by atoms with Crippen LogP contribution in [0.1, 0.15) is 20.3 Å². The molecule has 2 atom stereocenters. The van der Waals surface area contributed by atoms with Gasteiger partial charge in [-0.05, 0) is 18.8 Å². The van der Waals surface area contributed by atoms with E-state index in [1.165, 1.54) is 0 Å². The minimum Gasteiger partial charge on any atom is -0.466 e. The summed E-state index contributed by atoms with van der Waals surface area (Å²) in [5, 5.41) is 0. The topological polar surface area (TPSA) is 26.3 Å². The predicted molar refractivity (Wildman–Crippen MR) is 43.0 cm³/mol. The molecule has 62 valence electrons. The van der Waals surface area contributed by atoms with Crippen LogP contribution >= 0.6 is 0 Å². The van der Waals surface area contributed by atoms with Crippen molar-refractivity contribution in [3.8, 4) is 0 Å². The zero-order chi connectivity index (χ0) is 8.48. The van der Waals surface area contributed by atoms with E-state index in [9.17, 15) is 4.79 Å². The Hall–Kier alpha value is -0.790. The molecule has 0 aliphatic heterocycles. The first-order valence-corrected chi connectivity index (χ1v) is 3.94. The molecule has 0 radical (unpaired) electrons. The maximum Gasteiger partial charge on any atom is 0.309 e. The molecule has 1 fully saturated rings. The van der Waals surface area contributed by atoms with Gasteiger partial charge >= 0.3 is 5.97 Å². The standard InChI is InChI=1S/C9H14O2/c1-4-9(3)6-7(9)8(10)11-5-2/h4,7H,1,5-6H2,2-3H3/t7-,9+/m0/s1. The number of hydrogen-bond acceptors (Lipinski definition) is 2. The number of ether oxygens (including phenoxy) is 1. The van der Waals surface area contributed by atoms with Crippen LogP contribution in [0.15, 0.2) is 12.7 Å². The van der Waals surface area contributed by atoms with E-state index in [4.69, 9.17) is 4.74 Å². The van der Waals surface area contributed by atoms with Crippen LogP contribution in [-0.4, -0.2) is 12.6 Å². The van der Waals surface area contributed by atoms with Crippen molar-refractivity contribution in [2.24, 2.45) is 11.3 Å². The average molecular weight is 154 g/mol. The van der Waals surface area contributed by atoms with Crippen molar-refractivity contribution in [3.63, 3.8) is 0 Å². The van der Waals surface area contributed by atoms with Crippen LogP contribution in [0.4, 0.5) is 0 Å². The summed E-state index contributed by atoms with van der Waals surface area (Å²) in [5.41, 5.74) is 0.0201. The summed E-state index contributed by atoms with van der Waals surface area (Å²) in [4.78, 5) is 11.1. The molecule has 0 unspecified atom stereocenters. The van der Waals surface area contributed by atoms with Crippen molar-refractivity contribution >= 4 is 5.97 Å². The van der Waals surface area contributed by atoms with Crippen LogP contribution < -0.4 is 0 Å². The Morgan fingerprint density at radius 3 is 2.91 bits per heavy atom. The molecule has 0 aromatic rings. The summed E-state index contributed by atoms with van der Waals surface area (Å²) in [6.45, 7) is 8.01. The molecular formula is C9H14O2. The Kier molecular flexibility index (Phi) is 2.03. The lowest BCUT2D eigenvalue weighted by molar-refractivity contribution is -0.145. The Bertz CT molecular complexity index is 186. The second-order valence-electron chi connectivity index (χ2n) is 3.22. The number of hydrogen-bond donors (Lipinski definition) is 0. The molecule has 2 heteroatoms. The van der Waals surface area contributed by atoms with E-state index in [-0.39, 0.29) is 17.3 Å². The Morgan fingerprint density at radius 1 is 1.91 bits per heavy atom. The summed E-state index contributed by atoms with van der Waals surface area (Å²) in [6, 6.07) is 0. The zero-order valence-corrected chi connectivity index (χ0v) is 7.09. The van der Waals surface area contributed by atoms with Gasteiger partial charge in [-0.1, -0.05) is 13.0 Å². The van der Waals surface area contributed by atoms with Gasteiger partial charge in [-0.2, -0.15) is 0 Å². The van der Waals surface area contributed by atoms with Crippen LogP contribution in [0.2, 0.25) is 0 Å². The van der Waals surface area contributed by atoms with Gasteiger partial charge in [0.05, 0.1) is 12.5 Å². The van der Waals surface area contributed by atoms with Gasteiger partial charge in [-0.3, -0.25) is 4.79 Å². The second kappa shape index (κ2) is 2.68. The van der Waals surface area contributed by atoms with E-state index in [0.29, 0.717) is 6.61 Å². The van der Waals surface area contributed by atoms with Crippen LogP contribution in [0.5, 0.6) is 0 Å². The molecule has 1 rings (SSSR count). The Labute approximate surface area is 67.2 Å². The number of carbonyl (C=O) groups is 1. The first-order valence-electron chi connectivity index (χ1n) is 3.94. The summed E-state index contributed by atoms with van der Waals surface area (Å²) in [6.07, 6.45) is 2.74. The molecule has 0 heterocycles. The fourth-order valence-corrected chi connectivity index (χ4v) is 1.20. The average Bonchev–Trinajstić information content (AvgIpc) is 2.65. The first kappa shape index (κ1) is 8.31. The molecular weight excluding hydrogens is 140 g/mol. The lowest BCUT2D eigenvalue weighted by Crippen LogP contribution is -2.10. The van der Waals surface area contributed by atoms with Crippen LogP contribution in [0.25, 0.3) is 0 Å². The van der Waals surface area contributed by atoms with E-state index < -0.39 is 0 Å². The number of carbonyl (C=O) groups excluding carboxylic acids is 1. The SMILES string of the molecule is C=C[C@]1(C)C[C@H]1C(=O)OCC. The fourth-order valence-electron chi connectivity index (χ4n) is 1.20. The summed E-state index contributed by atoms with van der Waals surface area (Å²) < 4.78 is 4.88. The number of allylic oxidation sites excluding steroid dienone is 1. The van der Waals surface area contributed by atoms with E-state index in [2.05, 4.69) is 6.58 Å². The van der Waals surface area contributed by atoms with Crippen LogP contribution in [-0.2, 0) is 9.53 Å². The molecule has 11 heavy (non-hydrogen) atoms. The van der Waals surface area contributed by atoms with Crippen molar-refractivity contribution in [1.29, 1.82) is 0 Å². The molecule has 0 bridgehead atoms. The number of esters is 1. The van der Waals surface area contributed by atoms with Crippen LogP contribution in [0.3, 0.4) is 0 Å². The third-order valence-electron chi connectivity index (χ3n) is 2.32. The van der Waals surface area contributed by atoms with Crippen LogP contribution in [0, 0.1) is 11.3 Å². The highest BCUT2D eigenvalue weighted by atomic mass is 16.5. The largest absolute Gasteiger partial charge is 0.466 e.